The molecule has 4 rings (SSSR count). The first-order valence-corrected chi connectivity index (χ1v) is 12.8. The largest absolute Gasteiger partial charge is 0.493 e. The number of hydrogen-bond donors (Lipinski definition) is 2. The number of ether oxygens (including phenoxy) is 1. The van der Waals surface area contributed by atoms with E-state index in [1.54, 1.807) is 12.1 Å². The summed E-state index contributed by atoms with van der Waals surface area (Å²) in [4.78, 5) is 18.3. The first kappa shape index (κ1) is 26.9. The van der Waals surface area contributed by atoms with Crippen molar-refractivity contribution in [2.45, 2.75) is 46.1 Å². The Hall–Kier alpha value is -3.16. The number of anilines is 1. The quantitative estimate of drug-likeness (QED) is 0.337. The normalized spacial score (nSPS) is 15.0. The van der Waals surface area contributed by atoms with E-state index in [0.29, 0.717) is 35.6 Å². The number of piperidine rings is 1. The summed E-state index contributed by atoms with van der Waals surface area (Å²) in [6.07, 6.45) is 2.29. The van der Waals surface area contributed by atoms with Crippen LogP contribution in [-0.2, 0) is 24.2 Å². The fraction of sp³-hybridized carbons (Fsp3) is 0.379. The molecule has 1 aromatic heterocycles. The van der Waals surface area contributed by atoms with Crippen LogP contribution in [0.1, 0.15) is 43.5 Å². The van der Waals surface area contributed by atoms with Gasteiger partial charge in [0.05, 0.1) is 31.0 Å². The molecular weight excluding hydrogens is 495 g/mol. The van der Waals surface area contributed by atoms with Crippen LogP contribution in [0.4, 0.5) is 10.1 Å². The third-order valence-corrected chi connectivity index (χ3v) is 7.23. The molecule has 8 heteroatoms. The third-order valence-electron chi connectivity index (χ3n) is 6.92. The van der Waals surface area contributed by atoms with Crippen molar-refractivity contribution in [2.24, 2.45) is 5.41 Å². The van der Waals surface area contributed by atoms with Crippen molar-refractivity contribution in [1.29, 1.82) is 0 Å². The Morgan fingerprint density at radius 2 is 1.76 bits per heavy atom. The molecule has 2 heterocycles. The molecule has 0 spiro atoms. The van der Waals surface area contributed by atoms with Crippen molar-refractivity contribution >= 4 is 23.3 Å². The number of aliphatic carboxylic acids is 1. The smallest absolute Gasteiger partial charge is 0.308 e. The Bertz CT molecular complexity index is 1240. The van der Waals surface area contributed by atoms with Crippen LogP contribution in [0, 0.1) is 11.2 Å². The molecule has 196 valence electrons. The predicted molar refractivity (Wildman–Crippen MR) is 143 cm³/mol. The molecule has 37 heavy (non-hydrogen) atoms. The number of halogens is 2. The highest BCUT2D eigenvalue weighted by atomic mass is 35.5. The van der Waals surface area contributed by atoms with Gasteiger partial charge in [-0.25, -0.2) is 9.37 Å². The van der Waals surface area contributed by atoms with Crippen LogP contribution in [0.2, 0.25) is 5.15 Å². The van der Waals surface area contributed by atoms with E-state index in [1.165, 1.54) is 12.1 Å². The van der Waals surface area contributed by atoms with E-state index in [-0.39, 0.29) is 29.4 Å². The summed E-state index contributed by atoms with van der Waals surface area (Å²) in [5, 5.41) is 19.9. The maximum absolute atomic E-state index is 13.1. The second-order valence-corrected chi connectivity index (χ2v) is 10.5. The average Bonchev–Trinajstić information content (AvgIpc) is 2.86. The van der Waals surface area contributed by atoms with E-state index in [0.717, 1.165) is 42.7 Å². The minimum Gasteiger partial charge on any atom is -0.493 e. The monoisotopic (exact) mass is 526 g/mol. The fourth-order valence-electron chi connectivity index (χ4n) is 4.69. The lowest BCUT2D eigenvalue weighted by molar-refractivity contribution is -0.136. The highest BCUT2D eigenvalue weighted by Crippen LogP contribution is 2.43. The van der Waals surface area contributed by atoms with E-state index >= 15 is 0 Å². The molecule has 0 radical (unpaired) electrons. The summed E-state index contributed by atoms with van der Waals surface area (Å²) >= 11 is 6.48. The van der Waals surface area contributed by atoms with Gasteiger partial charge in [0.1, 0.15) is 16.7 Å². The molecule has 1 saturated heterocycles. The zero-order valence-electron chi connectivity index (χ0n) is 21.1. The Labute approximate surface area is 221 Å². The molecule has 1 aliphatic rings. The number of benzene rings is 2. The summed E-state index contributed by atoms with van der Waals surface area (Å²) in [5.74, 6) is -0.585. The molecule has 2 N–H and O–H groups in total. The van der Waals surface area contributed by atoms with Gasteiger partial charge >= 0.3 is 5.97 Å². The van der Waals surface area contributed by atoms with Crippen LogP contribution in [0.3, 0.4) is 0 Å². The number of pyridine rings is 1. The van der Waals surface area contributed by atoms with Gasteiger partial charge in [0.2, 0.25) is 0 Å². The van der Waals surface area contributed by atoms with E-state index in [1.807, 2.05) is 24.3 Å². The molecule has 6 nitrogen and oxygen atoms in total. The van der Waals surface area contributed by atoms with Gasteiger partial charge in [-0.2, -0.15) is 0 Å². The number of nitrogens with zero attached hydrogens (tertiary/aromatic N) is 2. The number of rotatable bonds is 9. The molecule has 0 amide bonds. The highest BCUT2D eigenvalue weighted by Gasteiger charge is 2.31. The number of aliphatic hydroxyl groups is 1. The minimum atomic E-state index is -0.991. The third kappa shape index (κ3) is 6.59. The maximum Gasteiger partial charge on any atom is 0.308 e. The lowest BCUT2D eigenvalue weighted by Gasteiger charge is -2.40. The Morgan fingerprint density at radius 1 is 1.11 bits per heavy atom. The van der Waals surface area contributed by atoms with E-state index < -0.39 is 5.97 Å². The number of carboxylic acids is 1. The van der Waals surface area contributed by atoms with Gasteiger partial charge in [-0.15, -0.1) is 0 Å². The van der Waals surface area contributed by atoms with Crippen LogP contribution in [0.5, 0.6) is 5.75 Å². The Kier molecular flexibility index (Phi) is 8.35. The van der Waals surface area contributed by atoms with E-state index in [9.17, 15) is 19.4 Å². The highest BCUT2D eigenvalue weighted by molar-refractivity contribution is 6.31. The molecule has 0 bridgehead atoms. The Balaban J connectivity index is 1.64. The first-order valence-electron chi connectivity index (χ1n) is 12.4. The lowest BCUT2D eigenvalue weighted by Crippen LogP contribution is -2.38. The van der Waals surface area contributed by atoms with Crippen molar-refractivity contribution in [1.82, 2.24) is 4.98 Å². The number of carbonyl (C=O) groups is 1. The second kappa shape index (κ2) is 11.5. The summed E-state index contributed by atoms with van der Waals surface area (Å²) in [6, 6.07) is 13.8. The Morgan fingerprint density at radius 3 is 2.35 bits per heavy atom. The van der Waals surface area contributed by atoms with Crippen LogP contribution < -0.4 is 9.64 Å². The van der Waals surface area contributed by atoms with Gasteiger partial charge in [0.25, 0.3) is 0 Å². The van der Waals surface area contributed by atoms with Crippen LogP contribution >= 0.6 is 11.6 Å². The topological polar surface area (TPSA) is 82.9 Å². The summed E-state index contributed by atoms with van der Waals surface area (Å²) in [5.41, 5.74) is 4.27. The molecule has 0 unspecified atom stereocenters. The summed E-state index contributed by atoms with van der Waals surface area (Å²) in [7, 11) is 0. The van der Waals surface area contributed by atoms with Crippen molar-refractivity contribution in [3.05, 3.63) is 76.3 Å². The second-order valence-electron chi connectivity index (χ2n) is 10.2. The van der Waals surface area contributed by atoms with Crippen LogP contribution in [0.25, 0.3) is 11.1 Å². The standard InChI is InChI=1S/C29H32ClFN2O4/c1-29(2)12-14-33(15-13-29)27-23(17-25(35)36)28(30)32-24(18-34)26(27)20-5-9-22(10-6-20)37-16-11-19-3-7-21(31)8-4-19/h3-10,34H,11-18H2,1-2H3,(H,35,36). The lowest BCUT2D eigenvalue weighted by atomic mass is 9.82. The zero-order chi connectivity index (χ0) is 26.6. The minimum absolute atomic E-state index is 0.107. The number of aliphatic hydroxyl groups excluding tert-OH is 1. The summed E-state index contributed by atoms with van der Waals surface area (Å²) in [6.45, 7) is 6.08. The van der Waals surface area contributed by atoms with Gasteiger partial charge in [-0.3, -0.25) is 4.79 Å². The van der Waals surface area contributed by atoms with Gasteiger partial charge in [0.15, 0.2) is 0 Å². The van der Waals surface area contributed by atoms with Crippen LogP contribution in [0.15, 0.2) is 48.5 Å². The molecule has 1 aliphatic heterocycles. The van der Waals surface area contributed by atoms with Crippen LogP contribution in [-0.4, -0.2) is 40.9 Å². The molecule has 0 atom stereocenters. The van der Waals surface area contributed by atoms with E-state index in [2.05, 4.69) is 23.7 Å². The summed E-state index contributed by atoms with van der Waals surface area (Å²) < 4.78 is 19.0. The number of hydrogen-bond acceptors (Lipinski definition) is 5. The fourth-order valence-corrected chi connectivity index (χ4v) is 4.95. The van der Waals surface area contributed by atoms with Gasteiger partial charge in [-0.05, 0) is 53.6 Å². The maximum atomic E-state index is 13.1. The van der Waals surface area contributed by atoms with E-state index in [4.69, 9.17) is 16.3 Å². The van der Waals surface area contributed by atoms with Crippen molar-refractivity contribution in [3.8, 4) is 16.9 Å². The molecule has 3 aromatic rings. The number of carboxylic acid groups (broad SMARTS) is 1. The number of aromatic nitrogens is 1. The van der Waals surface area contributed by atoms with Gasteiger partial charge in [-0.1, -0.05) is 49.7 Å². The van der Waals surface area contributed by atoms with Crippen molar-refractivity contribution < 1.29 is 24.1 Å². The van der Waals surface area contributed by atoms with Crippen molar-refractivity contribution in [3.63, 3.8) is 0 Å². The zero-order valence-corrected chi connectivity index (χ0v) is 21.9. The molecule has 2 aromatic carbocycles. The first-order chi connectivity index (χ1) is 17.7. The van der Waals surface area contributed by atoms with Gasteiger partial charge < -0.3 is 19.8 Å². The SMILES string of the molecule is CC1(C)CCN(c2c(CC(=O)O)c(Cl)nc(CO)c2-c2ccc(OCCc3ccc(F)cc3)cc2)CC1. The predicted octanol–water partition coefficient (Wildman–Crippen LogP) is 5.91. The van der Waals surface area contributed by atoms with Crippen molar-refractivity contribution in [2.75, 3.05) is 24.6 Å². The molecule has 0 saturated carbocycles. The molecular formula is C29H32ClFN2O4. The average molecular weight is 527 g/mol. The van der Waals surface area contributed by atoms with Gasteiger partial charge in [0, 0.05) is 30.6 Å². The molecule has 1 fully saturated rings. The molecule has 0 aliphatic carbocycles.